The highest BCUT2D eigenvalue weighted by Gasteiger charge is 2.28. The number of likely N-dealkylation sites (N-methyl/N-ethyl adjacent to an activating group) is 1. The van der Waals surface area contributed by atoms with Crippen LogP contribution < -0.4 is 5.32 Å². The second-order valence-corrected chi connectivity index (χ2v) is 4.36. The van der Waals surface area contributed by atoms with Gasteiger partial charge in [0, 0.05) is 36.7 Å². The second kappa shape index (κ2) is 4.62. The van der Waals surface area contributed by atoms with Crippen molar-refractivity contribution in [2.75, 3.05) is 18.9 Å². The molecular formula is C12H19N3. The van der Waals surface area contributed by atoms with Crippen molar-refractivity contribution < 1.29 is 0 Å². The van der Waals surface area contributed by atoms with Crippen LogP contribution in [0.25, 0.3) is 0 Å². The van der Waals surface area contributed by atoms with Gasteiger partial charge in [0.05, 0.1) is 0 Å². The molecule has 3 nitrogen and oxygen atoms in total. The molecule has 1 aromatic heterocycles. The van der Waals surface area contributed by atoms with Crippen molar-refractivity contribution in [3.8, 4) is 0 Å². The molecule has 1 unspecified atom stereocenters. The smallest absolute Gasteiger partial charge is 0.0371 e. The Bertz CT molecular complexity index is 295. The lowest BCUT2D eigenvalue weighted by molar-refractivity contribution is 0.257. The summed E-state index contributed by atoms with van der Waals surface area (Å²) < 4.78 is 0. The van der Waals surface area contributed by atoms with Crippen LogP contribution in [0.2, 0.25) is 0 Å². The van der Waals surface area contributed by atoms with E-state index in [0.29, 0.717) is 6.04 Å². The number of hydrogen-bond donors (Lipinski definition) is 1. The van der Waals surface area contributed by atoms with Crippen molar-refractivity contribution in [1.29, 1.82) is 0 Å². The molecule has 1 aliphatic carbocycles. The van der Waals surface area contributed by atoms with Gasteiger partial charge in [0.1, 0.15) is 0 Å². The van der Waals surface area contributed by atoms with Crippen molar-refractivity contribution >= 4 is 5.69 Å². The van der Waals surface area contributed by atoms with Crippen molar-refractivity contribution in [3.05, 3.63) is 24.5 Å². The molecule has 0 radical (unpaired) electrons. The monoisotopic (exact) mass is 205 g/mol. The first kappa shape index (κ1) is 10.4. The molecule has 0 spiro atoms. The molecular weight excluding hydrogens is 186 g/mol. The first-order valence-electron chi connectivity index (χ1n) is 5.63. The van der Waals surface area contributed by atoms with Crippen molar-refractivity contribution in [3.63, 3.8) is 0 Å². The highest BCUT2D eigenvalue weighted by molar-refractivity contribution is 5.40. The Morgan fingerprint density at radius 2 is 2.13 bits per heavy atom. The van der Waals surface area contributed by atoms with Crippen LogP contribution in [0.1, 0.15) is 19.8 Å². The zero-order valence-electron chi connectivity index (χ0n) is 9.48. The predicted molar refractivity (Wildman–Crippen MR) is 63.0 cm³/mol. The summed E-state index contributed by atoms with van der Waals surface area (Å²) in [6.45, 7) is 3.27. The molecule has 2 rings (SSSR count). The Hall–Kier alpha value is -1.09. The third-order valence-electron chi connectivity index (χ3n) is 3.10. The van der Waals surface area contributed by atoms with Crippen LogP contribution >= 0.6 is 0 Å². The highest BCUT2D eigenvalue weighted by atomic mass is 15.2. The largest absolute Gasteiger partial charge is 0.383 e. The molecule has 1 atom stereocenters. The van der Waals surface area contributed by atoms with Gasteiger partial charge in [0.25, 0.3) is 0 Å². The van der Waals surface area contributed by atoms with Gasteiger partial charge in [-0.1, -0.05) is 0 Å². The quantitative estimate of drug-likeness (QED) is 0.796. The molecule has 82 valence electrons. The number of anilines is 1. The average Bonchev–Trinajstić information content (AvgIpc) is 3.10. The van der Waals surface area contributed by atoms with Gasteiger partial charge in [-0.2, -0.15) is 0 Å². The molecule has 0 saturated heterocycles. The summed E-state index contributed by atoms with van der Waals surface area (Å²) in [7, 11) is 2.22. The molecule has 1 aromatic rings. The lowest BCUT2D eigenvalue weighted by atomic mass is 10.3. The Morgan fingerprint density at radius 1 is 1.47 bits per heavy atom. The van der Waals surface area contributed by atoms with Gasteiger partial charge in [0.2, 0.25) is 0 Å². The zero-order valence-corrected chi connectivity index (χ0v) is 9.48. The molecule has 15 heavy (non-hydrogen) atoms. The maximum Gasteiger partial charge on any atom is 0.0371 e. The molecule has 0 aromatic carbocycles. The second-order valence-electron chi connectivity index (χ2n) is 4.36. The van der Waals surface area contributed by atoms with Crippen LogP contribution in [0.4, 0.5) is 5.69 Å². The van der Waals surface area contributed by atoms with Gasteiger partial charge in [-0.05, 0) is 38.9 Å². The fraction of sp³-hybridized carbons (Fsp3) is 0.583. The Morgan fingerprint density at radius 3 is 2.73 bits per heavy atom. The normalized spacial score (nSPS) is 17.8. The van der Waals surface area contributed by atoms with Crippen LogP contribution in [0.3, 0.4) is 0 Å². The van der Waals surface area contributed by atoms with Gasteiger partial charge < -0.3 is 5.32 Å². The summed E-state index contributed by atoms with van der Waals surface area (Å²) in [6.07, 6.45) is 6.38. The first-order chi connectivity index (χ1) is 7.27. The third kappa shape index (κ3) is 2.93. The molecule has 3 heteroatoms. The van der Waals surface area contributed by atoms with Gasteiger partial charge in [0.15, 0.2) is 0 Å². The van der Waals surface area contributed by atoms with Crippen LogP contribution in [0.15, 0.2) is 24.5 Å². The van der Waals surface area contributed by atoms with Crippen molar-refractivity contribution in [2.45, 2.75) is 31.8 Å². The number of nitrogens with one attached hydrogen (secondary N) is 1. The summed E-state index contributed by atoms with van der Waals surface area (Å²) in [5.41, 5.74) is 1.15. The number of rotatable bonds is 5. The summed E-state index contributed by atoms with van der Waals surface area (Å²) >= 11 is 0. The summed E-state index contributed by atoms with van der Waals surface area (Å²) in [5.74, 6) is 0. The number of pyridine rings is 1. The molecule has 1 heterocycles. The summed E-state index contributed by atoms with van der Waals surface area (Å²) in [4.78, 5) is 6.46. The van der Waals surface area contributed by atoms with Crippen LogP contribution in [-0.4, -0.2) is 35.6 Å². The Kier molecular flexibility index (Phi) is 3.21. The third-order valence-corrected chi connectivity index (χ3v) is 3.10. The maximum absolute atomic E-state index is 4.00. The van der Waals surface area contributed by atoms with Crippen LogP contribution in [-0.2, 0) is 0 Å². The van der Waals surface area contributed by atoms with Gasteiger partial charge >= 0.3 is 0 Å². The fourth-order valence-corrected chi connectivity index (χ4v) is 1.72. The molecule has 0 amide bonds. The Balaban J connectivity index is 1.77. The lowest BCUT2D eigenvalue weighted by Crippen LogP contribution is -2.36. The van der Waals surface area contributed by atoms with E-state index in [2.05, 4.69) is 29.2 Å². The van der Waals surface area contributed by atoms with E-state index >= 15 is 0 Å². The van der Waals surface area contributed by atoms with Gasteiger partial charge in [-0.15, -0.1) is 0 Å². The van der Waals surface area contributed by atoms with Crippen molar-refractivity contribution in [2.24, 2.45) is 0 Å². The van der Waals surface area contributed by atoms with E-state index in [4.69, 9.17) is 0 Å². The van der Waals surface area contributed by atoms with Crippen molar-refractivity contribution in [1.82, 2.24) is 9.88 Å². The van der Waals surface area contributed by atoms with Gasteiger partial charge in [-0.3, -0.25) is 9.88 Å². The van der Waals surface area contributed by atoms with E-state index in [9.17, 15) is 0 Å². The number of aromatic nitrogens is 1. The zero-order chi connectivity index (χ0) is 10.7. The average molecular weight is 205 g/mol. The highest BCUT2D eigenvalue weighted by Crippen LogP contribution is 2.26. The van der Waals surface area contributed by atoms with E-state index < -0.39 is 0 Å². The molecule has 1 aliphatic rings. The number of hydrogen-bond acceptors (Lipinski definition) is 3. The van der Waals surface area contributed by atoms with Crippen LogP contribution in [0.5, 0.6) is 0 Å². The standard InChI is InChI=1S/C12H19N3/c1-10(15(2)12-3-4-12)9-14-11-5-7-13-8-6-11/h5-8,10,12H,3-4,9H2,1-2H3,(H,13,14). The first-order valence-corrected chi connectivity index (χ1v) is 5.63. The van der Waals surface area contributed by atoms with Crippen LogP contribution in [0, 0.1) is 0 Å². The molecule has 0 bridgehead atoms. The minimum absolute atomic E-state index is 0.589. The minimum Gasteiger partial charge on any atom is -0.383 e. The van der Waals surface area contributed by atoms with E-state index in [1.807, 2.05) is 24.5 Å². The molecule has 0 aliphatic heterocycles. The predicted octanol–water partition coefficient (Wildman–Crippen LogP) is 1.98. The molecule has 1 N–H and O–H groups in total. The maximum atomic E-state index is 4.00. The minimum atomic E-state index is 0.589. The van der Waals surface area contributed by atoms with E-state index in [1.165, 1.54) is 12.8 Å². The number of nitrogens with zero attached hydrogens (tertiary/aromatic N) is 2. The Labute approximate surface area is 91.5 Å². The van der Waals surface area contributed by atoms with Gasteiger partial charge in [-0.25, -0.2) is 0 Å². The lowest BCUT2D eigenvalue weighted by Gasteiger charge is -2.25. The SMILES string of the molecule is CC(CNc1ccncc1)N(C)C1CC1. The topological polar surface area (TPSA) is 28.2 Å². The summed E-state index contributed by atoms with van der Waals surface area (Å²) in [6, 6.07) is 5.43. The molecule has 1 saturated carbocycles. The van der Waals surface area contributed by atoms with E-state index in [-0.39, 0.29) is 0 Å². The fourth-order valence-electron chi connectivity index (χ4n) is 1.72. The van der Waals surface area contributed by atoms with E-state index in [0.717, 1.165) is 18.3 Å². The molecule has 1 fully saturated rings. The summed E-state index contributed by atoms with van der Waals surface area (Å²) in [5, 5.41) is 3.43. The van der Waals surface area contributed by atoms with E-state index in [1.54, 1.807) is 0 Å².